The fourth-order valence-corrected chi connectivity index (χ4v) is 4.64. The molecule has 0 radical (unpaired) electrons. The molecule has 1 saturated carbocycles. The Hall–Kier alpha value is -3.01. The number of carbonyl (C=O) groups excluding carboxylic acids is 2. The fourth-order valence-electron chi connectivity index (χ4n) is 3.91. The lowest BCUT2D eigenvalue weighted by Crippen LogP contribution is -2.19. The molecular formula is C25H25F3N2O4S. The van der Waals surface area contributed by atoms with E-state index in [1.807, 2.05) is 13.8 Å². The second kappa shape index (κ2) is 10.3. The molecule has 2 heterocycles. The summed E-state index contributed by atoms with van der Waals surface area (Å²) < 4.78 is 52.3. The van der Waals surface area contributed by atoms with Crippen molar-refractivity contribution in [2.45, 2.75) is 64.3 Å². The summed E-state index contributed by atoms with van der Waals surface area (Å²) in [4.78, 5) is 28.6. The molecule has 1 saturated heterocycles. The normalized spacial score (nSPS) is 19.0. The maximum Gasteiger partial charge on any atom is 0.416 e. The van der Waals surface area contributed by atoms with Gasteiger partial charge in [0.1, 0.15) is 16.4 Å². The molecule has 10 heteroatoms. The Morgan fingerprint density at radius 1 is 1.20 bits per heavy atom. The van der Waals surface area contributed by atoms with Crippen LogP contribution in [0, 0.1) is 0 Å². The van der Waals surface area contributed by atoms with Gasteiger partial charge in [0.15, 0.2) is 0 Å². The Morgan fingerprint density at radius 3 is 2.57 bits per heavy atom. The molecule has 0 bridgehead atoms. The van der Waals surface area contributed by atoms with E-state index in [1.165, 1.54) is 0 Å². The molecule has 1 atom stereocenters. The quantitative estimate of drug-likeness (QED) is 0.339. The van der Waals surface area contributed by atoms with E-state index in [0.29, 0.717) is 23.3 Å². The minimum absolute atomic E-state index is 0.00936. The summed E-state index contributed by atoms with van der Waals surface area (Å²) in [6.07, 6.45) is 0.769. The van der Waals surface area contributed by atoms with Gasteiger partial charge in [-0.25, -0.2) is 0 Å². The predicted octanol–water partition coefficient (Wildman–Crippen LogP) is 6.56. The van der Waals surface area contributed by atoms with Crippen LogP contribution in [0.4, 0.5) is 18.0 Å². The molecule has 1 aromatic heterocycles. The van der Waals surface area contributed by atoms with Gasteiger partial charge < -0.3 is 9.47 Å². The standard InChI is InChI=1S/C25H25F3N2O4S/c1-3-14(2)33-21(22-23(31)30-24(32)35-22)16-10-15(11-19(12-16)34-18-6-4-5-7-18)20-13-17(8-9-29-20)25(26,27)28/h8-14,18H,3-7H2,1-2H3,(H,30,31,32)/b22-21+. The van der Waals surface area contributed by atoms with Crippen molar-refractivity contribution in [2.24, 2.45) is 0 Å². The van der Waals surface area contributed by atoms with Crippen molar-refractivity contribution in [1.29, 1.82) is 0 Å². The Bertz CT molecular complexity index is 1160. The number of rotatable bonds is 7. The molecule has 6 nitrogen and oxygen atoms in total. The van der Waals surface area contributed by atoms with Crippen LogP contribution in [0.5, 0.6) is 5.75 Å². The first-order chi connectivity index (χ1) is 16.6. The van der Waals surface area contributed by atoms with Crippen LogP contribution in [0.3, 0.4) is 0 Å². The van der Waals surface area contributed by atoms with Crippen molar-refractivity contribution in [1.82, 2.24) is 10.3 Å². The molecule has 1 aliphatic carbocycles. The van der Waals surface area contributed by atoms with Crippen molar-refractivity contribution in [2.75, 3.05) is 0 Å². The smallest absolute Gasteiger partial charge is 0.416 e. The van der Waals surface area contributed by atoms with Gasteiger partial charge >= 0.3 is 6.18 Å². The van der Waals surface area contributed by atoms with Crippen LogP contribution < -0.4 is 10.1 Å². The molecule has 2 aromatic rings. The van der Waals surface area contributed by atoms with E-state index in [-0.39, 0.29) is 28.6 Å². The van der Waals surface area contributed by atoms with Crippen LogP contribution in [0.2, 0.25) is 0 Å². The third kappa shape index (κ3) is 5.98. The molecule has 2 amide bonds. The van der Waals surface area contributed by atoms with Crippen LogP contribution in [-0.4, -0.2) is 28.3 Å². The SMILES string of the molecule is CCC(C)O/C(=C1/SC(=O)NC1=O)c1cc(OC2CCCC2)cc(-c2cc(C(F)(F)F)ccn2)c1. The molecule has 0 spiro atoms. The largest absolute Gasteiger partial charge is 0.490 e. The molecular weight excluding hydrogens is 481 g/mol. The van der Waals surface area contributed by atoms with E-state index in [9.17, 15) is 22.8 Å². The van der Waals surface area contributed by atoms with Crippen LogP contribution in [0.1, 0.15) is 57.1 Å². The third-order valence-corrected chi connectivity index (χ3v) is 6.74. The van der Waals surface area contributed by atoms with Gasteiger partial charge in [-0.3, -0.25) is 19.9 Å². The number of alkyl halides is 3. The summed E-state index contributed by atoms with van der Waals surface area (Å²) >= 11 is 0.725. The number of aromatic nitrogens is 1. The number of hydrogen-bond acceptors (Lipinski definition) is 6. The summed E-state index contributed by atoms with van der Waals surface area (Å²) in [5, 5.41) is 1.71. The summed E-state index contributed by atoms with van der Waals surface area (Å²) in [6, 6.07) is 6.82. The van der Waals surface area contributed by atoms with Crippen molar-refractivity contribution >= 4 is 28.7 Å². The number of imide groups is 1. The van der Waals surface area contributed by atoms with E-state index in [2.05, 4.69) is 10.3 Å². The Kier molecular flexibility index (Phi) is 7.39. The first-order valence-corrected chi connectivity index (χ1v) is 12.3. The minimum Gasteiger partial charge on any atom is -0.490 e. The lowest BCUT2D eigenvalue weighted by molar-refractivity contribution is -0.137. The summed E-state index contributed by atoms with van der Waals surface area (Å²) in [7, 11) is 0. The molecule has 4 rings (SSSR count). The average molecular weight is 507 g/mol. The topological polar surface area (TPSA) is 77.5 Å². The van der Waals surface area contributed by atoms with Crippen molar-refractivity contribution in [3.63, 3.8) is 0 Å². The van der Waals surface area contributed by atoms with Gasteiger partial charge in [0.25, 0.3) is 11.1 Å². The van der Waals surface area contributed by atoms with Crippen LogP contribution in [0.15, 0.2) is 41.4 Å². The zero-order chi connectivity index (χ0) is 25.2. The average Bonchev–Trinajstić information content (AvgIpc) is 3.45. The van der Waals surface area contributed by atoms with Gasteiger partial charge in [-0.2, -0.15) is 13.2 Å². The zero-order valence-corrected chi connectivity index (χ0v) is 20.1. The minimum atomic E-state index is -4.52. The Morgan fingerprint density at radius 2 is 1.94 bits per heavy atom. The van der Waals surface area contributed by atoms with Gasteiger partial charge in [-0.15, -0.1) is 0 Å². The molecule has 2 aliphatic rings. The van der Waals surface area contributed by atoms with E-state index in [1.54, 1.807) is 18.2 Å². The maximum absolute atomic E-state index is 13.3. The Balaban J connectivity index is 1.85. The lowest BCUT2D eigenvalue weighted by Gasteiger charge is -2.20. The number of hydrogen-bond donors (Lipinski definition) is 1. The van der Waals surface area contributed by atoms with Crippen molar-refractivity contribution in [3.8, 4) is 17.0 Å². The van der Waals surface area contributed by atoms with Gasteiger partial charge in [-0.1, -0.05) is 6.92 Å². The molecule has 1 aromatic carbocycles. The first kappa shape index (κ1) is 25.1. The number of nitrogens with one attached hydrogen (secondary N) is 1. The van der Waals surface area contributed by atoms with Crippen LogP contribution in [0.25, 0.3) is 17.0 Å². The predicted molar refractivity (Wildman–Crippen MR) is 126 cm³/mol. The van der Waals surface area contributed by atoms with Gasteiger partial charge in [-0.05, 0) is 81.1 Å². The monoisotopic (exact) mass is 506 g/mol. The second-order valence-corrected chi connectivity index (χ2v) is 9.52. The van der Waals surface area contributed by atoms with Crippen molar-refractivity contribution in [3.05, 3.63) is 52.6 Å². The van der Waals surface area contributed by atoms with E-state index < -0.39 is 22.9 Å². The van der Waals surface area contributed by atoms with Gasteiger partial charge in [0.05, 0.1) is 23.5 Å². The highest BCUT2D eigenvalue weighted by atomic mass is 32.2. The van der Waals surface area contributed by atoms with Gasteiger partial charge in [0.2, 0.25) is 0 Å². The Labute approximate surface area is 205 Å². The van der Waals surface area contributed by atoms with E-state index in [4.69, 9.17) is 9.47 Å². The summed E-state index contributed by atoms with van der Waals surface area (Å²) in [5.41, 5.74) is 0.0758. The molecule has 1 N–H and O–H groups in total. The molecule has 1 aliphatic heterocycles. The number of amides is 2. The first-order valence-electron chi connectivity index (χ1n) is 11.4. The maximum atomic E-state index is 13.3. The van der Waals surface area contributed by atoms with Crippen LogP contribution in [-0.2, 0) is 15.7 Å². The molecule has 186 valence electrons. The summed E-state index contributed by atoms with van der Waals surface area (Å²) in [5.74, 6) is 0.0288. The highest BCUT2D eigenvalue weighted by Crippen LogP contribution is 2.38. The molecule has 35 heavy (non-hydrogen) atoms. The number of pyridine rings is 1. The third-order valence-electron chi connectivity index (χ3n) is 5.87. The number of nitrogens with zero attached hydrogens (tertiary/aromatic N) is 1. The number of carbonyl (C=O) groups is 2. The highest BCUT2D eigenvalue weighted by Gasteiger charge is 2.33. The zero-order valence-electron chi connectivity index (χ0n) is 19.3. The molecule has 1 unspecified atom stereocenters. The van der Waals surface area contributed by atoms with E-state index >= 15 is 0 Å². The number of thioether (sulfide) groups is 1. The second-order valence-electron chi connectivity index (χ2n) is 8.54. The number of halogens is 3. The number of ether oxygens (including phenoxy) is 2. The van der Waals surface area contributed by atoms with Crippen molar-refractivity contribution < 1.29 is 32.2 Å². The number of benzene rings is 1. The van der Waals surface area contributed by atoms with E-state index in [0.717, 1.165) is 55.8 Å². The highest BCUT2D eigenvalue weighted by molar-refractivity contribution is 8.18. The lowest BCUT2D eigenvalue weighted by atomic mass is 10.0. The fraction of sp³-hybridized carbons (Fsp3) is 0.400. The summed E-state index contributed by atoms with van der Waals surface area (Å²) in [6.45, 7) is 3.74. The molecule has 2 fully saturated rings. The van der Waals surface area contributed by atoms with Gasteiger partial charge in [0, 0.05) is 17.3 Å². The van der Waals surface area contributed by atoms with Crippen LogP contribution >= 0.6 is 11.8 Å².